The molecule has 0 spiro atoms. The van der Waals surface area contributed by atoms with Crippen molar-refractivity contribution in [3.8, 4) is 11.5 Å². The topological polar surface area (TPSA) is 21.7 Å². The third-order valence-corrected chi connectivity index (χ3v) is 4.51. The summed E-state index contributed by atoms with van der Waals surface area (Å²) in [4.78, 5) is 2.41. The van der Waals surface area contributed by atoms with Gasteiger partial charge in [0, 0.05) is 12.6 Å². The normalized spacial score (nSPS) is 17.9. The van der Waals surface area contributed by atoms with Crippen molar-refractivity contribution in [3.63, 3.8) is 0 Å². The Bertz CT molecular complexity index is 689. The quantitative estimate of drug-likeness (QED) is 0.775. The van der Waals surface area contributed by atoms with E-state index in [1.54, 1.807) is 19.2 Å². The van der Waals surface area contributed by atoms with Crippen molar-refractivity contribution in [3.05, 3.63) is 59.4 Å². The molecular formula is C20H24FNO2. The van der Waals surface area contributed by atoms with E-state index in [1.807, 2.05) is 25.1 Å². The molecule has 0 amide bonds. The van der Waals surface area contributed by atoms with Crippen LogP contribution < -0.4 is 9.47 Å². The van der Waals surface area contributed by atoms with E-state index in [1.165, 1.54) is 11.6 Å². The van der Waals surface area contributed by atoms with Crippen molar-refractivity contribution in [2.24, 2.45) is 0 Å². The maximum absolute atomic E-state index is 13.5. The molecule has 0 radical (unpaired) electrons. The second-order valence-corrected chi connectivity index (χ2v) is 6.10. The molecule has 0 unspecified atom stereocenters. The summed E-state index contributed by atoms with van der Waals surface area (Å²) < 4.78 is 24.6. The molecule has 0 saturated carbocycles. The molecule has 24 heavy (non-hydrogen) atoms. The van der Waals surface area contributed by atoms with Gasteiger partial charge >= 0.3 is 0 Å². The molecule has 3 nitrogen and oxygen atoms in total. The van der Waals surface area contributed by atoms with Crippen LogP contribution in [0.5, 0.6) is 11.5 Å². The summed E-state index contributed by atoms with van der Waals surface area (Å²) in [6.07, 6.45) is 2.20. The minimum atomic E-state index is -0.165. The third kappa shape index (κ3) is 3.70. The lowest BCUT2D eigenvalue weighted by Crippen LogP contribution is -2.22. The predicted molar refractivity (Wildman–Crippen MR) is 92.9 cm³/mol. The Labute approximate surface area is 143 Å². The average Bonchev–Trinajstić information content (AvgIpc) is 3.04. The lowest BCUT2D eigenvalue weighted by molar-refractivity contribution is 0.247. The third-order valence-electron chi connectivity index (χ3n) is 4.51. The van der Waals surface area contributed by atoms with Gasteiger partial charge in [0.05, 0.1) is 13.7 Å². The zero-order valence-corrected chi connectivity index (χ0v) is 14.3. The van der Waals surface area contributed by atoms with Crippen LogP contribution in [-0.4, -0.2) is 25.2 Å². The molecule has 1 heterocycles. The summed E-state index contributed by atoms with van der Waals surface area (Å²) in [6.45, 7) is 4.42. The first-order valence-corrected chi connectivity index (χ1v) is 8.50. The Kier molecular flexibility index (Phi) is 5.36. The minimum absolute atomic E-state index is 0.165. The maximum atomic E-state index is 13.5. The SMILES string of the molecule is CCOc1ccc(CN2CCC[C@H]2c2cccc(F)c2)cc1OC. The Hall–Kier alpha value is -2.07. The van der Waals surface area contributed by atoms with Gasteiger partial charge in [0.2, 0.25) is 0 Å². The van der Waals surface area contributed by atoms with E-state index in [2.05, 4.69) is 11.0 Å². The fraction of sp³-hybridized carbons (Fsp3) is 0.400. The number of hydrogen-bond acceptors (Lipinski definition) is 3. The van der Waals surface area contributed by atoms with Crippen LogP contribution in [0, 0.1) is 5.82 Å². The lowest BCUT2D eigenvalue weighted by Gasteiger charge is -2.25. The Morgan fingerprint density at radius 3 is 2.79 bits per heavy atom. The number of ether oxygens (including phenoxy) is 2. The number of nitrogens with zero attached hydrogens (tertiary/aromatic N) is 1. The molecular weight excluding hydrogens is 305 g/mol. The van der Waals surface area contributed by atoms with E-state index in [0.717, 1.165) is 43.0 Å². The van der Waals surface area contributed by atoms with Crippen LogP contribution in [0.15, 0.2) is 42.5 Å². The molecule has 0 aliphatic carbocycles. The van der Waals surface area contributed by atoms with Crippen LogP contribution in [-0.2, 0) is 6.54 Å². The Balaban J connectivity index is 1.77. The van der Waals surface area contributed by atoms with Crippen molar-refractivity contribution in [2.75, 3.05) is 20.3 Å². The van der Waals surface area contributed by atoms with Crippen LogP contribution >= 0.6 is 0 Å². The molecule has 2 aromatic carbocycles. The van der Waals surface area contributed by atoms with Crippen molar-refractivity contribution in [1.82, 2.24) is 4.90 Å². The number of methoxy groups -OCH3 is 1. The van der Waals surface area contributed by atoms with Gasteiger partial charge in [-0.05, 0) is 61.7 Å². The number of rotatable bonds is 6. The highest BCUT2D eigenvalue weighted by Crippen LogP contribution is 2.35. The molecule has 1 fully saturated rings. The predicted octanol–water partition coefficient (Wildman–Crippen LogP) is 4.57. The van der Waals surface area contributed by atoms with Crippen molar-refractivity contribution in [2.45, 2.75) is 32.4 Å². The molecule has 0 aromatic heterocycles. The molecule has 1 saturated heterocycles. The average molecular weight is 329 g/mol. The molecule has 1 atom stereocenters. The first kappa shape index (κ1) is 16.8. The largest absolute Gasteiger partial charge is 0.493 e. The van der Waals surface area contributed by atoms with Crippen LogP contribution in [0.25, 0.3) is 0 Å². The molecule has 1 aliphatic rings. The van der Waals surface area contributed by atoms with E-state index in [4.69, 9.17) is 9.47 Å². The van der Waals surface area contributed by atoms with Crippen LogP contribution in [0.2, 0.25) is 0 Å². The standard InChI is InChI=1S/C20H24FNO2/c1-3-24-19-10-9-15(12-20(19)23-2)14-22-11-5-8-18(22)16-6-4-7-17(21)13-16/h4,6-7,9-10,12-13,18H,3,5,8,11,14H2,1-2H3/t18-/m0/s1. The van der Waals surface area contributed by atoms with Crippen LogP contribution in [0.3, 0.4) is 0 Å². The van der Waals surface area contributed by atoms with Crippen LogP contribution in [0.4, 0.5) is 4.39 Å². The number of likely N-dealkylation sites (tertiary alicyclic amines) is 1. The van der Waals surface area contributed by atoms with Gasteiger partial charge in [0.25, 0.3) is 0 Å². The summed E-state index contributed by atoms with van der Waals surface area (Å²) in [5.41, 5.74) is 2.24. The van der Waals surface area contributed by atoms with Crippen molar-refractivity contribution >= 4 is 0 Å². The zero-order valence-electron chi connectivity index (χ0n) is 14.3. The highest BCUT2D eigenvalue weighted by atomic mass is 19.1. The lowest BCUT2D eigenvalue weighted by atomic mass is 10.0. The summed E-state index contributed by atoms with van der Waals surface area (Å²) in [5, 5.41) is 0. The Morgan fingerprint density at radius 1 is 1.17 bits per heavy atom. The van der Waals surface area contributed by atoms with Gasteiger partial charge < -0.3 is 9.47 Å². The second-order valence-electron chi connectivity index (χ2n) is 6.10. The van der Waals surface area contributed by atoms with Gasteiger partial charge in [0.15, 0.2) is 11.5 Å². The Morgan fingerprint density at radius 2 is 2.04 bits per heavy atom. The summed E-state index contributed by atoms with van der Waals surface area (Å²) in [7, 11) is 1.66. The molecule has 0 bridgehead atoms. The molecule has 2 aromatic rings. The van der Waals surface area contributed by atoms with Gasteiger partial charge in [-0.2, -0.15) is 0 Å². The van der Waals surface area contributed by atoms with E-state index in [-0.39, 0.29) is 11.9 Å². The van der Waals surface area contributed by atoms with Crippen molar-refractivity contribution in [1.29, 1.82) is 0 Å². The molecule has 1 aliphatic heterocycles. The fourth-order valence-corrected chi connectivity index (χ4v) is 3.43. The van der Waals surface area contributed by atoms with Crippen molar-refractivity contribution < 1.29 is 13.9 Å². The summed E-state index contributed by atoms with van der Waals surface area (Å²) in [6, 6.07) is 13.3. The molecule has 0 N–H and O–H groups in total. The van der Waals surface area contributed by atoms with E-state index in [0.29, 0.717) is 6.61 Å². The van der Waals surface area contributed by atoms with Gasteiger partial charge in [-0.3, -0.25) is 4.90 Å². The molecule has 3 rings (SSSR count). The fourth-order valence-electron chi connectivity index (χ4n) is 3.43. The number of benzene rings is 2. The monoisotopic (exact) mass is 329 g/mol. The first-order chi connectivity index (χ1) is 11.7. The smallest absolute Gasteiger partial charge is 0.161 e. The van der Waals surface area contributed by atoms with Gasteiger partial charge in [-0.25, -0.2) is 4.39 Å². The minimum Gasteiger partial charge on any atom is -0.493 e. The first-order valence-electron chi connectivity index (χ1n) is 8.50. The maximum Gasteiger partial charge on any atom is 0.161 e. The van der Waals surface area contributed by atoms with Gasteiger partial charge in [0.1, 0.15) is 5.82 Å². The van der Waals surface area contributed by atoms with E-state index >= 15 is 0 Å². The van der Waals surface area contributed by atoms with E-state index in [9.17, 15) is 4.39 Å². The molecule has 128 valence electrons. The van der Waals surface area contributed by atoms with Crippen LogP contribution in [0.1, 0.15) is 36.9 Å². The highest BCUT2D eigenvalue weighted by molar-refractivity contribution is 5.43. The number of hydrogen-bond donors (Lipinski definition) is 0. The van der Waals surface area contributed by atoms with Gasteiger partial charge in [-0.1, -0.05) is 18.2 Å². The second kappa shape index (κ2) is 7.67. The van der Waals surface area contributed by atoms with E-state index < -0.39 is 0 Å². The zero-order chi connectivity index (χ0) is 16.9. The summed E-state index contributed by atoms with van der Waals surface area (Å²) in [5.74, 6) is 1.37. The number of halogens is 1. The highest BCUT2D eigenvalue weighted by Gasteiger charge is 2.26. The van der Waals surface area contributed by atoms with Gasteiger partial charge in [-0.15, -0.1) is 0 Å². The summed E-state index contributed by atoms with van der Waals surface area (Å²) >= 11 is 0. The molecule has 4 heteroatoms.